The summed E-state index contributed by atoms with van der Waals surface area (Å²) in [4.78, 5) is 4.12. The van der Waals surface area contributed by atoms with E-state index >= 15 is 0 Å². The number of rotatable bonds is 5. The summed E-state index contributed by atoms with van der Waals surface area (Å²) < 4.78 is 49.7. The molecule has 37 heavy (non-hydrogen) atoms. The first-order chi connectivity index (χ1) is 17.6. The van der Waals surface area contributed by atoms with Crippen LogP contribution in [-0.4, -0.2) is 70.0 Å². The van der Waals surface area contributed by atoms with Gasteiger partial charge in [0.15, 0.2) is 0 Å². The van der Waals surface area contributed by atoms with Gasteiger partial charge in [0.2, 0.25) is 0 Å². The predicted octanol–water partition coefficient (Wildman–Crippen LogP) is 3.42. The van der Waals surface area contributed by atoms with E-state index in [-0.39, 0.29) is 16.5 Å². The number of benzene rings is 1. The molecule has 10 nitrogen and oxygen atoms in total. The van der Waals surface area contributed by atoms with Gasteiger partial charge in [-0.1, -0.05) is 32.7 Å². The Kier molecular flexibility index (Phi) is 7.12. The number of aliphatic hydroxyl groups is 3. The van der Waals surface area contributed by atoms with Crippen molar-refractivity contribution in [1.82, 2.24) is 29.8 Å². The van der Waals surface area contributed by atoms with Gasteiger partial charge in [-0.3, -0.25) is 0 Å². The van der Waals surface area contributed by atoms with Crippen molar-refractivity contribution in [3.8, 4) is 16.4 Å². The summed E-state index contributed by atoms with van der Waals surface area (Å²) in [6.45, 7) is -0.636. The average Bonchev–Trinajstić information content (AvgIpc) is 3.59. The molecule has 196 valence electrons. The highest BCUT2D eigenvalue weighted by Crippen LogP contribution is 2.41. The summed E-state index contributed by atoms with van der Waals surface area (Å²) in [6, 6.07) is 3.62. The first-order valence-corrected chi connectivity index (χ1v) is 12.7. The molecule has 1 saturated heterocycles. The Hall–Kier alpha value is -2.40. The van der Waals surface area contributed by atoms with E-state index in [9.17, 15) is 28.5 Å². The van der Waals surface area contributed by atoms with E-state index in [0.29, 0.717) is 15.2 Å². The van der Waals surface area contributed by atoms with Crippen LogP contribution in [0.5, 0.6) is 0 Å². The van der Waals surface area contributed by atoms with Crippen LogP contribution in [0.1, 0.15) is 23.4 Å². The van der Waals surface area contributed by atoms with Crippen LogP contribution in [0.4, 0.5) is 13.2 Å². The van der Waals surface area contributed by atoms with Crippen LogP contribution in [0.25, 0.3) is 16.4 Å². The van der Waals surface area contributed by atoms with Gasteiger partial charge in [0.25, 0.3) is 0 Å². The van der Waals surface area contributed by atoms with Gasteiger partial charge in [-0.2, -0.15) is 18.3 Å². The number of hydrogen-bond donors (Lipinski definition) is 3. The molecule has 5 atom stereocenters. The van der Waals surface area contributed by atoms with E-state index in [1.165, 1.54) is 46.6 Å². The van der Waals surface area contributed by atoms with Crippen LogP contribution < -0.4 is 0 Å². The van der Waals surface area contributed by atoms with Crippen LogP contribution in [-0.2, 0) is 10.9 Å². The lowest BCUT2D eigenvalue weighted by atomic mass is 9.91. The highest BCUT2D eigenvalue weighted by atomic mass is 79.9. The molecule has 5 rings (SSSR count). The van der Waals surface area contributed by atoms with E-state index < -0.39 is 48.8 Å². The topological polar surface area (TPSA) is 131 Å². The first-order valence-electron chi connectivity index (χ1n) is 10.6. The molecule has 2 unspecified atom stereocenters. The maximum atomic E-state index is 13.8. The second-order valence-corrected chi connectivity index (χ2v) is 10.3. The van der Waals surface area contributed by atoms with E-state index in [1.54, 1.807) is 5.38 Å². The van der Waals surface area contributed by atoms with Gasteiger partial charge in [-0.15, -0.1) is 16.4 Å². The Morgan fingerprint density at radius 1 is 1.19 bits per heavy atom. The number of alkyl halides is 3. The molecule has 1 aliphatic rings. The molecule has 1 aliphatic heterocycles. The molecule has 4 aromatic rings. The standard InChI is InChI=1S/C21H17BrClF3N6O4S/c22-9-1-2-10(21(24,25)26)13(5-9)32-12(3-4-27-32)19-18(35)16(17(34)14(7-33)36-19)31-6-11(29-30-31)20-28-15(23)8-37-20/h1-6,8,14,16-19,33-35H,7H2/t14?,16-,17-,18?,19-/m0/s1. The Balaban J connectivity index is 1.55. The Bertz CT molecular complexity index is 1410. The van der Waals surface area contributed by atoms with Crippen LogP contribution in [0.3, 0.4) is 0 Å². The van der Waals surface area contributed by atoms with Gasteiger partial charge < -0.3 is 20.1 Å². The van der Waals surface area contributed by atoms with Crippen molar-refractivity contribution in [3.63, 3.8) is 0 Å². The number of aliphatic hydroxyl groups excluding tert-OH is 3. The predicted molar refractivity (Wildman–Crippen MR) is 128 cm³/mol. The SMILES string of the molecule is OCC1O[C@@H](c2ccnn2-c2cc(Br)ccc2C(F)(F)F)C(O)[C@@H](n2cc(-c3nc(Cl)cs3)nn2)[C@H]1O. The van der Waals surface area contributed by atoms with Crippen molar-refractivity contribution in [2.75, 3.05) is 6.61 Å². The van der Waals surface area contributed by atoms with E-state index in [4.69, 9.17) is 16.3 Å². The highest BCUT2D eigenvalue weighted by molar-refractivity contribution is 9.10. The van der Waals surface area contributed by atoms with Crippen molar-refractivity contribution in [2.45, 2.75) is 36.6 Å². The van der Waals surface area contributed by atoms with Crippen LogP contribution in [0.2, 0.25) is 5.15 Å². The normalized spacial score (nSPS) is 24.5. The summed E-state index contributed by atoms with van der Waals surface area (Å²) >= 11 is 10.3. The molecule has 0 saturated carbocycles. The minimum atomic E-state index is -4.69. The zero-order chi connectivity index (χ0) is 26.5. The van der Waals surface area contributed by atoms with E-state index in [2.05, 4.69) is 36.3 Å². The molecule has 3 N–H and O–H groups in total. The van der Waals surface area contributed by atoms with Gasteiger partial charge in [0.1, 0.15) is 46.3 Å². The van der Waals surface area contributed by atoms with Crippen molar-refractivity contribution < 1.29 is 33.2 Å². The average molecular weight is 622 g/mol. The lowest BCUT2D eigenvalue weighted by Gasteiger charge is -2.42. The number of ether oxygens (including phenoxy) is 1. The Morgan fingerprint density at radius 3 is 2.65 bits per heavy atom. The third-order valence-electron chi connectivity index (χ3n) is 5.86. The second-order valence-electron chi connectivity index (χ2n) is 8.14. The van der Waals surface area contributed by atoms with Crippen molar-refractivity contribution >= 4 is 38.9 Å². The summed E-state index contributed by atoms with van der Waals surface area (Å²) in [7, 11) is 0. The number of nitrogens with zero attached hydrogens (tertiary/aromatic N) is 6. The van der Waals surface area contributed by atoms with Gasteiger partial charge in [-0.25, -0.2) is 14.3 Å². The molecule has 0 bridgehead atoms. The molecule has 1 aromatic carbocycles. The molecule has 16 heteroatoms. The fraction of sp³-hybridized carbons (Fsp3) is 0.333. The molecule has 0 amide bonds. The third kappa shape index (κ3) is 4.92. The summed E-state index contributed by atoms with van der Waals surface area (Å²) in [5, 5.41) is 46.5. The second kappa shape index (κ2) is 10.1. The van der Waals surface area contributed by atoms with Crippen molar-refractivity contribution in [2.24, 2.45) is 0 Å². The lowest BCUT2D eigenvalue weighted by molar-refractivity contribution is -0.209. The number of hydrogen-bond acceptors (Lipinski definition) is 9. The number of thiazole rings is 1. The Labute approximate surface area is 224 Å². The van der Waals surface area contributed by atoms with Gasteiger partial charge in [-0.05, 0) is 24.3 Å². The third-order valence-corrected chi connectivity index (χ3v) is 7.54. The molecule has 1 fully saturated rings. The molecule has 0 aliphatic carbocycles. The van der Waals surface area contributed by atoms with Crippen LogP contribution in [0, 0.1) is 0 Å². The monoisotopic (exact) mass is 620 g/mol. The smallest absolute Gasteiger partial charge is 0.394 e. The van der Waals surface area contributed by atoms with Gasteiger partial charge in [0.05, 0.1) is 29.7 Å². The maximum absolute atomic E-state index is 13.8. The summed E-state index contributed by atoms with van der Waals surface area (Å²) in [6.07, 6.45) is -7.43. The van der Waals surface area contributed by atoms with E-state index in [1.807, 2.05) is 0 Å². The van der Waals surface area contributed by atoms with Gasteiger partial charge >= 0.3 is 6.18 Å². The summed E-state index contributed by atoms with van der Waals surface area (Å²) in [5.74, 6) is 0. The number of halogens is 5. The zero-order valence-electron chi connectivity index (χ0n) is 18.4. The molecule has 0 spiro atoms. The first kappa shape index (κ1) is 26.2. The van der Waals surface area contributed by atoms with Crippen LogP contribution in [0.15, 0.2) is 46.5 Å². The minimum Gasteiger partial charge on any atom is -0.394 e. The fourth-order valence-corrected chi connectivity index (χ4v) is 5.45. The van der Waals surface area contributed by atoms with Crippen LogP contribution >= 0.6 is 38.9 Å². The Morgan fingerprint density at radius 2 is 1.97 bits per heavy atom. The highest BCUT2D eigenvalue weighted by Gasteiger charge is 2.48. The zero-order valence-corrected chi connectivity index (χ0v) is 21.5. The molecule has 4 heterocycles. The quantitative estimate of drug-likeness (QED) is 0.309. The van der Waals surface area contributed by atoms with Crippen molar-refractivity contribution in [1.29, 1.82) is 0 Å². The number of aromatic nitrogens is 6. The molecular weight excluding hydrogens is 605 g/mol. The summed E-state index contributed by atoms with van der Waals surface area (Å²) in [5.41, 5.74) is -0.860. The fourth-order valence-electron chi connectivity index (χ4n) is 4.20. The van der Waals surface area contributed by atoms with Crippen molar-refractivity contribution in [3.05, 3.63) is 62.9 Å². The largest absolute Gasteiger partial charge is 0.418 e. The maximum Gasteiger partial charge on any atom is 0.418 e. The molecule has 0 radical (unpaired) electrons. The molecular formula is C21H17BrClF3N6O4S. The van der Waals surface area contributed by atoms with E-state index in [0.717, 1.165) is 10.7 Å². The van der Waals surface area contributed by atoms with Gasteiger partial charge in [0, 0.05) is 16.0 Å². The molecule has 3 aromatic heterocycles. The minimum absolute atomic E-state index is 0.0681. The lowest BCUT2D eigenvalue weighted by Crippen LogP contribution is -2.53.